The van der Waals surface area contributed by atoms with Crippen molar-refractivity contribution in [2.45, 2.75) is 57.1 Å². The molecule has 0 aliphatic heterocycles. The number of methoxy groups -OCH3 is 1. The second-order valence-corrected chi connectivity index (χ2v) is 9.03. The predicted octanol–water partition coefficient (Wildman–Crippen LogP) is 4.92. The Balaban J connectivity index is 1.28. The van der Waals surface area contributed by atoms with Gasteiger partial charge in [-0.2, -0.15) is 0 Å². The molecular formula is C30H36O6. The molecule has 0 heterocycles. The maximum Gasteiger partial charge on any atom is 0.118 e. The van der Waals surface area contributed by atoms with Crippen molar-refractivity contribution in [3.8, 4) is 5.75 Å². The van der Waals surface area contributed by atoms with Crippen molar-refractivity contribution in [1.29, 1.82) is 0 Å². The third-order valence-electron chi connectivity index (χ3n) is 6.38. The molecule has 0 spiro atoms. The Bertz CT molecular complexity index is 995. The Hall–Kier alpha value is -2.74. The maximum absolute atomic E-state index is 11.0. The molecule has 6 nitrogen and oxygen atoms in total. The molecule has 4 atom stereocenters. The molecular weight excluding hydrogens is 456 g/mol. The van der Waals surface area contributed by atoms with E-state index in [9.17, 15) is 5.11 Å². The Morgan fingerprint density at radius 3 is 1.81 bits per heavy atom. The van der Waals surface area contributed by atoms with Crippen LogP contribution in [0.4, 0.5) is 0 Å². The van der Waals surface area contributed by atoms with Crippen LogP contribution < -0.4 is 4.74 Å². The van der Waals surface area contributed by atoms with Crippen molar-refractivity contribution in [3.05, 3.63) is 102 Å². The average Bonchev–Trinajstić information content (AvgIpc) is 2.93. The van der Waals surface area contributed by atoms with Gasteiger partial charge in [0, 0.05) is 12.8 Å². The highest BCUT2D eigenvalue weighted by Crippen LogP contribution is 2.28. The van der Waals surface area contributed by atoms with Crippen LogP contribution in [-0.2, 0) is 38.8 Å². The summed E-state index contributed by atoms with van der Waals surface area (Å²) in [4.78, 5) is 0. The fourth-order valence-corrected chi connectivity index (χ4v) is 4.34. The monoisotopic (exact) mass is 492 g/mol. The van der Waals surface area contributed by atoms with Gasteiger partial charge in [0.2, 0.25) is 0 Å². The predicted molar refractivity (Wildman–Crippen MR) is 138 cm³/mol. The summed E-state index contributed by atoms with van der Waals surface area (Å²) in [6, 6.07) is 27.9. The summed E-state index contributed by atoms with van der Waals surface area (Å²) in [5.41, 5.74) is 3.26. The molecule has 0 radical (unpaired) electrons. The number of rotatable bonds is 13. The van der Waals surface area contributed by atoms with E-state index in [1.54, 1.807) is 7.11 Å². The highest BCUT2D eigenvalue weighted by Gasteiger charge is 2.38. The number of ether oxygens (including phenoxy) is 5. The van der Waals surface area contributed by atoms with Crippen molar-refractivity contribution in [2.75, 3.05) is 20.3 Å². The molecule has 1 N–H and O–H groups in total. The van der Waals surface area contributed by atoms with Crippen LogP contribution in [0.5, 0.6) is 5.75 Å². The van der Waals surface area contributed by atoms with Crippen LogP contribution in [0.25, 0.3) is 0 Å². The fourth-order valence-electron chi connectivity index (χ4n) is 4.34. The van der Waals surface area contributed by atoms with Crippen molar-refractivity contribution < 1.29 is 28.8 Å². The molecule has 0 bridgehead atoms. The van der Waals surface area contributed by atoms with E-state index >= 15 is 0 Å². The second-order valence-electron chi connectivity index (χ2n) is 9.03. The molecule has 0 amide bonds. The van der Waals surface area contributed by atoms with E-state index in [0.717, 1.165) is 22.4 Å². The maximum atomic E-state index is 11.0. The quantitative estimate of drug-likeness (QED) is 0.342. The average molecular weight is 493 g/mol. The van der Waals surface area contributed by atoms with Gasteiger partial charge in [-0.1, -0.05) is 72.8 Å². The summed E-state index contributed by atoms with van der Waals surface area (Å²) in [6.07, 6.45) is -0.326. The summed E-state index contributed by atoms with van der Waals surface area (Å²) >= 11 is 0. The highest BCUT2D eigenvalue weighted by molar-refractivity contribution is 5.26. The molecule has 4 rings (SSSR count). The molecule has 3 aromatic carbocycles. The van der Waals surface area contributed by atoms with Crippen molar-refractivity contribution in [2.24, 2.45) is 0 Å². The van der Waals surface area contributed by atoms with Gasteiger partial charge in [-0.05, 0) is 28.8 Å². The number of aliphatic hydroxyl groups is 1. The van der Waals surface area contributed by atoms with Gasteiger partial charge in [0.15, 0.2) is 0 Å². The van der Waals surface area contributed by atoms with Gasteiger partial charge in [0.05, 0.1) is 58.5 Å². The van der Waals surface area contributed by atoms with Crippen LogP contribution in [0.1, 0.15) is 29.5 Å². The molecule has 6 heteroatoms. The van der Waals surface area contributed by atoms with Gasteiger partial charge >= 0.3 is 0 Å². The van der Waals surface area contributed by atoms with Gasteiger partial charge in [-0.15, -0.1) is 0 Å². The third-order valence-corrected chi connectivity index (χ3v) is 6.38. The lowest BCUT2D eigenvalue weighted by molar-refractivity contribution is -0.175. The summed E-state index contributed by atoms with van der Waals surface area (Å²) in [6.45, 7) is 2.26. The van der Waals surface area contributed by atoms with Crippen LogP contribution in [0.2, 0.25) is 0 Å². The van der Waals surface area contributed by atoms with Crippen LogP contribution >= 0.6 is 0 Å². The normalized spacial score (nSPS) is 21.8. The van der Waals surface area contributed by atoms with Gasteiger partial charge < -0.3 is 28.8 Å². The first kappa shape index (κ1) is 26.3. The van der Waals surface area contributed by atoms with Gasteiger partial charge in [0.25, 0.3) is 0 Å². The van der Waals surface area contributed by atoms with E-state index in [2.05, 4.69) is 12.1 Å². The number of hydrogen-bond acceptors (Lipinski definition) is 6. The summed E-state index contributed by atoms with van der Waals surface area (Å²) in [5, 5.41) is 11.0. The van der Waals surface area contributed by atoms with E-state index in [0.29, 0.717) is 45.9 Å². The summed E-state index contributed by atoms with van der Waals surface area (Å²) in [7, 11) is 1.65. The number of benzene rings is 3. The Morgan fingerprint density at radius 1 is 0.639 bits per heavy atom. The van der Waals surface area contributed by atoms with Crippen LogP contribution in [0, 0.1) is 0 Å². The van der Waals surface area contributed by atoms with Crippen LogP contribution in [0.3, 0.4) is 0 Å². The van der Waals surface area contributed by atoms with Crippen LogP contribution in [-0.4, -0.2) is 49.8 Å². The minimum Gasteiger partial charge on any atom is -0.497 e. The first-order valence-electron chi connectivity index (χ1n) is 12.5. The molecule has 1 saturated carbocycles. The van der Waals surface area contributed by atoms with E-state index < -0.39 is 6.10 Å². The Labute approximate surface area is 213 Å². The zero-order valence-electron chi connectivity index (χ0n) is 20.8. The molecule has 1 fully saturated rings. The minimum absolute atomic E-state index is 0.0698. The molecule has 192 valence electrons. The molecule has 1 aliphatic carbocycles. The lowest BCUT2D eigenvalue weighted by Crippen LogP contribution is -2.49. The first-order valence-corrected chi connectivity index (χ1v) is 12.5. The van der Waals surface area contributed by atoms with Crippen LogP contribution in [0.15, 0.2) is 84.9 Å². The molecule has 36 heavy (non-hydrogen) atoms. The molecule has 0 aromatic heterocycles. The standard InChI is InChI=1S/C30H36O6/c1-32-26-14-12-25(13-15-26)20-33-16-17-34-28-18-27(35-21-23-8-4-2-5-9-23)19-29(30(28)31)36-22-24-10-6-3-7-11-24/h2-15,27-31H,16-22H2,1H3/t27-,28+,29+,30-/m0/s1. The zero-order chi connectivity index (χ0) is 25.0. The summed E-state index contributed by atoms with van der Waals surface area (Å²) in [5.74, 6) is 0.821. The molecule has 3 aromatic rings. The first-order chi connectivity index (χ1) is 17.7. The van der Waals surface area contributed by atoms with E-state index in [4.69, 9.17) is 23.7 Å². The van der Waals surface area contributed by atoms with E-state index in [1.807, 2.05) is 72.8 Å². The molecule has 0 saturated heterocycles. The lowest BCUT2D eigenvalue weighted by atomic mass is 9.89. The minimum atomic E-state index is -0.730. The van der Waals surface area contributed by atoms with E-state index in [1.165, 1.54) is 0 Å². The molecule has 0 unspecified atom stereocenters. The zero-order valence-corrected chi connectivity index (χ0v) is 20.8. The topological polar surface area (TPSA) is 66.4 Å². The SMILES string of the molecule is COc1ccc(COCCO[C@@H]2C[C@H](OCc3ccccc3)C[C@@H](OCc3ccccc3)[C@H]2O)cc1. The van der Waals surface area contributed by atoms with Gasteiger partial charge in [-0.3, -0.25) is 0 Å². The lowest BCUT2D eigenvalue weighted by Gasteiger charge is -2.38. The Morgan fingerprint density at radius 2 is 1.19 bits per heavy atom. The Kier molecular flexibility index (Phi) is 10.3. The van der Waals surface area contributed by atoms with Gasteiger partial charge in [0.1, 0.15) is 11.9 Å². The summed E-state index contributed by atoms with van der Waals surface area (Å²) < 4.78 is 29.4. The largest absolute Gasteiger partial charge is 0.497 e. The smallest absolute Gasteiger partial charge is 0.118 e. The highest BCUT2D eigenvalue weighted by atomic mass is 16.6. The van der Waals surface area contributed by atoms with Gasteiger partial charge in [-0.25, -0.2) is 0 Å². The van der Waals surface area contributed by atoms with Crippen molar-refractivity contribution in [1.82, 2.24) is 0 Å². The second kappa shape index (κ2) is 14.1. The third kappa shape index (κ3) is 8.15. The van der Waals surface area contributed by atoms with E-state index in [-0.39, 0.29) is 18.3 Å². The van der Waals surface area contributed by atoms with Crippen molar-refractivity contribution >= 4 is 0 Å². The molecule has 1 aliphatic rings. The fraction of sp³-hybridized carbons (Fsp3) is 0.400. The number of aliphatic hydroxyl groups excluding tert-OH is 1. The van der Waals surface area contributed by atoms with Crippen molar-refractivity contribution in [3.63, 3.8) is 0 Å². The number of hydrogen-bond donors (Lipinski definition) is 1.